The molecule has 46 heavy (non-hydrogen) atoms. The van der Waals surface area contributed by atoms with E-state index in [4.69, 9.17) is 21.1 Å². The SMILES string of the molecule is CCCN1C2=C(C(=O)CC(C)(C)C2)C(c2cc(Cl)c(Oc3ccc(C(F)(F)F)cc3[N+](=O)[O-])c(OC)c2)C2=C1CC(C)(C)CC2=O. The predicted molar refractivity (Wildman–Crippen MR) is 166 cm³/mol. The van der Waals surface area contributed by atoms with Gasteiger partial charge in [-0.05, 0) is 59.9 Å². The smallest absolute Gasteiger partial charge is 0.416 e. The first kappa shape index (κ1) is 33.5. The highest BCUT2D eigenvalue weighted by atomic mass is 35.5. The number of methoxy groups -OCH3 is 1. The number of benzene rings is 2. The fourth-order valence-corrected chi connectivity index (χ4v) is 7.17. The summed E-state index contributed by atoms with van der Waals surface area (Å²) in [5.41, 5.74) is 0.702. The van der Waals surface area contributed by atoms with E-state index >= 15 is 0 Å². The van der Waals surface area contributed by atoms with E-state index in [-0.39, 0.29) is 38.9 Å². The van der Waals surface area contributed by atoms with Crippen LogP contribution in [0.1, 0.15) is 83.8 Å². The Balaban J connectivity index is 1.69. The van der Waals surface area contributed by atoms with Crippen molar-refractivity contribution in [3.63, 3.8) is 0 Å². The average Bonchev–Trinajstić information content (AvgIpc) is 2.92. The van der Waals surface area contributed by atoms with Crippen molar-refractivity contribution >= 4 is 28.9 Å². The molecule has 0 N–H and O–H groups in total. The summed E-state index contributed by atoms with van der Waals surface area (Å²) in [6.07, 6.45) is -2.11. The normalized spacial score (nSPS) is 19.7. The molecule has 5 rings (SSSR count). The third-order valence-corrected chi connectivity index (χ3v) is 9.03. The molecule has 0 bridgehead atoms. The van der Waals surface area contributed by atoms with Crippen LogP contribution in [0.15, 0.2) is 52.9 Å². The Morgan fingerprint density at radius 2 is 1.52 bits per heavy atom. The van der Waals surface area contributed by atoms with Gasteiger partial charge in [0, 0.05) is 53.9 Å². The van der Waals surface area contributed by atoms with Gasteiger partial charge < -0.3 is 14.4 Å². The van der Waals surface area contributed by atoms with Crippen molar-refractivity contribution < 1.29 is 37.2 Å². The van der Waals surface area contributed by atoms with Gasteiger partial charge in [-0.3, -0.25) is 19.7 Å². The van der Waals surface area contributed by atoms with E-state index in [1.165, 1.54) is 13.2 Å². The number of nitro groups is 1. The molecule has 2 aromatic carbocycles. The fraction of sp³-hybridized carbons (Fsp3) is 0.471. The van der Waals surface area contributed by atoms with Crippen LogP contribution in [0.2, 0.25) is 5.02 Å². The van der Waals surface area contributed by atoms with E-state index in [0.29, 0.717) is 61.1 Å². The zero-order valence-electron chi connectivity index (χ0n) is 26.6. The molecule has 12 heteroatoms. The van der Waals surface area contributed by atoms with Crippen LogP contribution in [0.4, 0.5) is 18.9 Å². The molecular formula is C34H36ClF3N2O6. The lowest BCUT2D eigenvalue weighted by molar-refractivity contribution is -0.385. The fourth-order valence-electron chi connectivity index (χ4n) is 6.91. The third-order valence-electron chi connectivity index (χ3n) is 8.75. The number of nitrogens with zero attached hydrogens (tertiary/aromatic N) is 2. The molecular weight excluding hydrogens is 625 g/mol. The number of ketones is 2. The summed E-state index contributed by atoms with van der Waals surface area (Å²) in [6, 6.07) is 5.03. The van der Waals surface area contributed by atoms with Gasteiger partial charge in [-0.1, -0.05) is 46.2 Å². The van der Waals surface area contributed by atoms with Crippen molar-refractivity contribution in [3.05, 3.63) is 79.1 Å². The number of carbonyl (C=O) groups excluding carboxylic acids is 2. The van der Waals surface area contributed by atoms with Crippen LogP contribution in [-0.2, 0) is 15.8 Å². The monoisotopic (exact) mass is 660 g/mol. The van der Waals surface area contributed by atoms with Crippen molar-refractivity contribution in [2.24, 2.45) is 10.8 Å². The zero-order chi connectivity index (χ0) is 33.9. The quantitative estimate of drug-likeness (QED) is 0.216. The molecule has 0 radical (unpaired) electrons. The van der Waals surface area contributed by atoms with Gasteiger partial charge in [0.25, 0.3) is 0 Å². The molecule has 0 spiro atoms. The summed E-state index contributed by atoms with van der Waals surface area (Å²) < 4.78 is 51.2. The van der Waals surface area contributed by atoms with E-state index in [1.54, 1.807) is 6.07 Å². The number of allylic oxidation sites excluding steroid dienone is 4. The van der Waals surface area contributed by atoms with Gasteiger partial charge in [-0.25, -0.2) is 0 Å². The Hall–Kier alpha value is -3.86. The number of carbonyl (C=O) groups is 2. The number of nitro benzene ring substituents is 1. The van der Waals surface area contributed by atoms with E-state index in [0.717, 1.165) is 23.9 Å². The number of alkyl halides is 3. The molecule has 3 aliphatic rings. The maximum atomic E-state index is 14.0. The van der Waals surface area contributed by atoms with Crippen LogP contribution < -0.4 is 9.47 Å². The van der Waals surface area contributed by atoms with Gasteiger partial charge in [-0.15, -0.1) is 0 Å². The van der Waals surface area contributed by atoms with E-state index in [9.17, 15) is 32.9 Å². The second kappa shape index (κ2) is 11.7. The third kappa shape index (κ3) is 6.13. The summed E-state index contributed by atoms with van der Waals surface area (Å²) in [6.45, 7) is 10.9. The minimum Gasteiger partial charge on any atom is -0.493 e. The lowest BCUT2D eigenvalue weighted by atomic mass is 9.63. The Kier molecular flexibility index (Phi) is 8.55. The first-order chi connectivity index (χ1) is 21.4. The average molecular weight is 661 g/mol. The van der Waals surface area contributed by atoms with Gasteiger partial charge in [0.2, 0.25) is 5.75 Å². The van der Waals surface area contributed by atoms with E-state index in [2.05, 4.69) is 39.5 Å². The van der Waals surface area contributed by atoms with Gasteiger partial charge in [0.1, 0.15) is 0 Å². The standard InChI is InChI=1S/C34H36ClF3N2O6/c1-7-10-39-22-14-32(2,3)16-24(41)29(22)28(30-23(39)15-33(4,5)17-25(30)42)18-11-20(35)31(27(12-18)45-6)46-26-9-8-19(34(36,37)38)13-21(26)40(43)44/h8-9,11-13,28H,7,10,14-17H2,1-6H3. The second-order valence-electron chi connectivity index (χ2n) is 13.8. The molecule has 0 unspecified atom stereocenters. The van der Waals surface area contributed by atoms with Crippen LogP contribution in [0.3, 0.4) is 0 Å². The van der Waals surface area contributed by atoms with Crippen molar-refractivity contribution in [1.29, 1.82) is 0 Å². The minimum absolute atomic E-state index is 0.0316. The molecule has 0 fully saturated rings. The van der Waals surface area contributed by atoms with Crippen molar-refractivity contribution in [3.8, 4) is 17.2 Å². The molecule has 2 aromatic rings. The molecule has 0 amide bonds. The Bertz CT molecular complexity index is 1650. The van der Waals surface area contributed by atoms with Gasteiger partial charge in [0.15, 0.2) is 23.1 Å². The molecule has 8 nitrogen and oxygen atoms in total. The number of hydrogen-bond donors (Lipinski definition) is 0. The first-order valence-electron chi connectivity index (χ1n) is 15.1. The van der Waals surface area contributed by atoms with Crippen molar-refractivity contribution in [2.45, 2.75) is 78.8 Å². The number of rotatable bonds is 7. The summed E-state index contributed by atoms with van der Waals surface area (Å²) in [4.78, 5) is 40.9. The topological polar surface area (TPSA) is 99.0 Å². The Labute approximate surface area is 270 Å². The maximum Gasteiger partial charge on any atom is 0.416 e. The van der Waals surface area contributed by atoms with Crippen molar-refractivity contribution in [2.75, 3.05) is 13.7 Å². The second-order valence-corrected chi connectivity index (χ2v) is 14.2. The van der Waals surface area contributed by atoms with Crippen LogP contribution in [0.25, 0.3) is 0 Å². The molecule has 246 valence electrons. The van der Waals surface area contributed by atoms with Crippen LogP contribution >= 0.6 is 11.6 Å². The maximum absolute atomic E-state index is 14.0. The number of Topliss-reactive ketones (excluding diaryl/α,β-unsaturated/α-hetero) is 2. The lowest BCUT2D eigenvalue weighted by Gasteiger charge is -2.49. The predicted octanol–water partition coefficient (Wildman–Crippen LogP) is 9.16. The highest BCUT2D eigenvalue weighted by Gasteiger charge is 2.49. The molecule has 0 saturated heterocycles. The summed E-state index contributed by atoms with van der Waals surface area (Å²) in [5, 5.41) is 11.6. The Morgan fingerprint density at radius 3 is 2.00 bits per heavy atom. The molecule has 2 aliphatic carbocycles. The molecule has 0 saturated carbocycles. The Morgan fingerprint density at radius 1 is 0.957 bits per heavy atom. The molecule has 1 aliphatic heterocycles. The highest BCUT2D eigenvalue weighted by molar-refractivity contribution is 6.32. The van der Waals surface area contributed by atoms with E-state index < -0.39 is 34.0 Å². The lowest BCUT2D eigenvalue weighted by Crippen LogP contribution is -2.44. The highest BCUT2D eigenvalue weighted by Crippen LogP contribution is 2.56. The van der Waals surface area contributed by atoms with Crippen LogP contribution in [0.5, 0.6) is 17.2 Å². The summed E-state index contributed by atoms with van der Waals surface area (Å²) >= 11 is 6.74. The zero-order valence-corrected chi connectivity index (χ0v) is 27.3. The summed E-state index contributed by atoms with van der Waals surface area (Å²) in [7, 11) is 1.32. The largest absolute Gasteiger partial charge is 0.493 e. The van der Waals surface area contributed by atoms with Crippen molar-refractivity contribution in [1.82, 2.24) is 4.90 Å². The minimum atomic E-state index is -4.80. The van der Waals surface area contributed by atoms with Crippen LogP contribution in [-0.4, -0.2) is 35.0 Å². The first-order valence-corrected chi connectivity index (χ1v) is 15.5. The van der Waals surface area contributed by atoms with Gasteiger partial charge >= 0.3 is 11.9 Å². The molecule has 1 heterocycles. The molecule has 0 atom stereocenters. The van der Waals surface area contributed by atoms with E-state index in [1.807, 2.05) is 0 Å². The van der Waals surface area contributed by atoms with Gasteiger partial charge in [0.05, 0.1) is 22.6 Å². The molecule has 0 aromatic heterocycles. The summed E-state index contributed by atoms with van der Waals surface area (Å²) in [5.74, 6) is -1.44. The van der Waals surface area contributed by atoms with Gasteiger partial charge in [-0.2, -0.15) is 13.2 Å². The number of ether oxygens (including phenoxy) is 2. The number of halogens is 4. The number of hydrogen-bond acceptors (Lipinski definition) is 7. The van der Waals surface area contributed by atoms with Crippen LogP contribution in [0, 0.1) is 20.9 Å².